The fraction of sp³-hybridized carbons (Fsp3) is 0.0909. The van der Waals surface area contributed by atoms with Crippen molar-refractivity contribution in [2.45, 2.75) is 0 Å². The number of ether oxygens (including phenoxy) is 2. The van der Waals surface area contributed by atoms with E-state index in [1.165, 1.54) is 6.20 Å². The van der Waals surface area contributed by atoms with Crippen molar-refractivity contribution in [3.05, 3.63) is 72.4 Å². The summed E-state index contributed by atoms with van der Waals surface area (Å²) in [6.45, 7) is 0. The second kappa shape index (κ2) is 7.93. The second-order valence-electron chi connectivity index (χ2n) is 6.18. The van der Waals surface area contributed by atoms with Crippen LogP contribution in [0.3, 0.4) is 0 Å². The average molecular weight is 386 g/mol. The number of hydrogen-bond donors (Lipinski definition) is 1. The topological polar surface area (TPSA) is 86.2 Å². The van der Waals surface area contributed by atoms with Gasteiger partial charge in [-0.3, -0.25) is 4.79 Å². The van der Waals surface area contributed by atoms with Gasteiger partial charge in [0.2, 0.25) is 0 Å². The summed E-state index contributed by atoms with van der Waals surface area (Å²) in [6, 6.07) is 18.2. The van der Waals surface area contributed by atoms with Gasteiger partial charge in [-0.15, -0.1) is 0 Å². The van der Waals surface area contributed by atoms with Crippen LogP contribution in [0, 0.1) is 0 Å². The average Bonchev–Trinajstić information content (AvgIpc) is 2.78. The Morgan fingerprint density at radius 1 is 0.897 bits per heavy atom. The molecule has 0 aliphatic carbocycles. The van der Waals surface area contributed by atoms with E-state index in [9.17, 15) is 4.79 Å². The van der Waals surface area contributed by atoms with Gasteiger partial charge in [-0.2, -0.15) is 0 Å². The molecular formula is C22H18N4O3. The van der Waals surface area contributed by atoms with Gasteiger partial charge in [-0.1, -0.05) is 18.2 Å². The Labute approximate surface area is 167 Å². The van der Waals surface area contributed by atoms with Crippen molar-refractivity contribution in [1.29, 1.82) is 0 Å². The Kier molecular flexibility index (Phi) is 5.03. The van der Waals surface area contributed by atoms with Crippen LogP contribution in [0.4, 0.5) is 5.82 Å². The number of nitrogens with one attached hydrogen (secondary N) is 1. The molecule has 1 N–H and O–H groups in total. The zero-order valence-corrected chi connectivity index (χ0v) is 15.9. The number of carbonyl (C=O) groups is 1. The summed E-state index contributed by atoms with van der Waals surface area (Å²) in [7, 11) is 3.18. The number of carbonyl (C=O) groups excluding carboxylic acids is 1. The van der Waals surface area contributed by atoms with Gasteiger partial charge in [0.1, 0.15) is 5.52 Å². The predicted octanol–water partition coefficient (Wildman–Crippen LogP) is 3.96. The molecule has 0 unspecified atom stereocenters. The molecule has 0 radical (unpaired) electrons. The molecule has 0 aliphatic rings. The van der Waals surface area contributed by atoms with E-state index in [4.69, 9.17) is 9.47 Å². The first-order valence-electron chi connectivity index (χ1n) is 8.90. The molecule has 1 amide bonds. The molecule has 29 heavy (non-hydrogen) atoms. The molecule has 4 rings (SSSR count). The van der Waals surface area contributed by atoms with Crippen LogP contribution in [0.2, 0.25) is 0 Å². The van der Waals surface area contributed by atoms with Crippen LogP contribution in [0.5, 0.6) is 11.5 Å². The van der Waals surface area contributed by atoms with Crippen molar-refractivity contribution in [1.82, 2.24) is 15.0 Å². The van der Waals surface area contributed by atoms with Crippen molar-refractivity contribution in [3.8, 4) is 22.8 Å². The third kappa shape index (κ3) is 3.84. The number of benzene rings is 2. The summed E-state index contributed by atoms with van der Waals surface area (Å²) in [5.74, 6) is 1.34. The van der Waals surface area contributed by atoms with Gasteiger partial charge in [0.05, 0.1) is 26.1 Å². The lowest BCUT2D eigenvalue weighted by atomic mass is 10.1. The maximum absolute atomic E-state index is 12.3. The number of fused-ring (bicyclic) bond motifs is 1. The van der Waals surface area contributed by atoms with Gasteiger partial charge >= 0.3 is 0 Å². The molecule has 2 heterocycles. The number of pyridine rings is 1. The molecule has 0 spiro atoms. The molecule has 144 valence electrons. The third-order valence-electron chi connectivity index (χ3n) is 4.36. The molecule has 0 bridgehead atoms. The largest absolute Gasteiger partial charge is 0.493 e. The van der Waals surface area contributed by atoms with E-state index < -0.39 is 0 Å². The lowest BCUT2D eigenvalue weighted by molar-refractivity contribution is 0.102. The lowest BCUT2D eigenvalue weighted by Crippen LogP contribution is -2.13. The van der Waals surface area contributed by atoms with Crippen LogP contribution in [-0.2, 0) is 0 Å². The van der Waals surface area contributed by atoms with E-state index in [1.807, 2.05) is 36.4 Å². The Morgan fingerprint density at radius 2 is 1.69 bits per heavy atom. The fourth-order valence-electron chi connectivity index (χ4n) is 2.89. The molecule has 2 aromatic heterocycles. The zero-order chi connectivity index (χ0) is 20.2. The van der Waals surface area contributed by atoms with Crippen LogP contribution < -0.4 is 14.8 Å². The number of rotatable bonds is 5. The lowest BCUT2D eigenvalue weighted by Gasteiger charge is -2.10. The standard InChI is InChI=1S/C22H18N4O3/c1-28-18-11-8-15(12-19(18)29-2)16-9-10-17-21(24-16)25-20(13-23-17)26-22(27)14-6-4-3-5-7-14/h3-13H,1-2H3,(H,24,25,26,27). The molecule has 4 aromatic rings. The number of anilines is 1. The van der Waals surface area contributed by atoms with Gasteiger partial charge in [0.15, 0.2) is 23.0 Å². The maximum Gasteiger partial charge on any atom is 0.256 e. The number of hydrogen-bond acceptors (Lipinski definition) is 6. The van der Waals surface area contributed by atoms with Crippen LogP contribution >= 0.6 is 0 Å². The summed E-state index contributed by atoms with van der Waals surface area (Å²) in [6.07, 6.45) is 1.51. The monoisotopic (exact) mass is 386 g/mol. The van der Waals surface area contributed by atoms with E-state index in [-0.39, 0.29) is 5.91 Å². The first-order valence-corrected chi connectivity index (χ1v) is 8.90. The van der Waals surface area contributed by atoms with E-state index in [2.05, 4.69) is 20.3 Å². The molecule has 2 aromatic carbocycles. The van der Waals surface area contributed by atoms with Gasteiger partial charge in [0.25, 0.3) is 5.91 Å². The van der Waals surface area contributed by atoms with E-state index >= 15 is 0 Å². The molecule has 0 saturated heterocycles. The minimum atomic E-state index is -0.254. The Balaban J connectivity index is 1.66. The van der Waals surface area contributed by atoms with Crippen LogP contribution in [0.25, 0.3) is 22.4 Å². The minimum absolute atomic E-state index is 0.254. The number of methoxy groups -OCH3 is 2. The van der Waals surface area contributed by atoms with E-state index in [1.54, 1.807) is 38.5 Å². The number of aromatic nitrogens is 3. The highest BCUT2D eigenvalue weighted by Gasteiger charge is 2.11. The first-order chi connectivity index (χ1) is 14.2. The van der Waals surface area contributed by atoms with Crippen molar-refractivity contribution in [3.63, 3.8) is 0 Å². The molecule has 7 heteroatoms. The Hall–Kier alpha value is -4.00. The van der Waals surface area contributed by atoms with Crippen molar-refractivity contribution in [2.75, 3.05) is 19.5 Å². The van der Waals surface area contributed by atoms with Gasteiger partial charge in [-0.25, -0.2) is 15.0 Å². The highest BCUT2D eigenvalue weighted by molar-refractivity contribution is 6.03. The van der Waals surface area contributed by atoms with Gasteiger partial charge in [-0.05, 0) is 42.5 Å². The summed E-state index contributed by atoms with van der Waals surface area (Å²) in [5.41, 5.74) is 3.17. The highest BCUT2D eigenvalue weighted by Crippen LogP contribution is 2.32. The Morgan fingerprint density at radius 3 is 2.45 bits per heavy atom. The minimum Gasteiger partial charge on any atom is -0.493 e. The number of nitrogens with zero attached hydrogens (tertiary/aromatic N) is 3. The zero-order valence-electron chi connectivity index (χ0n) is 15.9. The van der Waals surface area contributed by atoms with Crippen molar-refractivity contribution >= 4 is 22.9 Å². The molecule has 0 atom stereocenters. The fourth-order valence-corrected chi connectivity index (χ4v) is 2.89. The summed E-state index contributed by atoms with van der Waals surface area (Å²) in [5, 5.41) is 2.75. The molecule has 0 fully saturated rings. The van der Waals surface area contributed by atoms with Crippen LogP contribution in [0.15, 0.2) is 66.9 Å². The summed E-state index contributed by atoms with van der Waals surface area (Å²) in [4.78, 5) is 25.7. The summed E-state index contributed by atoms with van der Waals surface area (Å²) < 4.78 is 10.6. The molecular weight excluding hydrogens is 368 g/mol. The van der Waals surface area contributed by atoms with Crippen molar-refractivity contribution in [2.24, 2.45) is 0 Å². The third-order valence-corrected chi connectivity index (χ3v) is 4.36. The SMILES string of the molecule is COc1ccc(-c2ccc3ncc(NC(=O)c4ccccc4)nc3n2)cc1OC. The molecule has 0 saturated carbocycles. The Bertz CT molecular complexity index is 1180. The first kappa shape index (κ1) is 18.4. The normalized spacial score (nSPS) is 10.6. The molecule has 0 aliphatic heterocycles. The van der Waals surface area contributed by atoms with Gasteiger partial charge in [0, 0.05) is 11.1 Å². The number of amides is 1. The maximum atomic E-state index is 12.3. The predicted molar refractivity (Wildman–Crippen MR) is 110 cm³/mol. The van der Waals surface area contributed by atoms with Gasteiger partial charge < -0.3 is 14.8 Å². The van der Waals surface area contributed by atoms with Crippen LogP contribution in [0.1, 0.15) is 10.4 Å². The highest BCUT2D eigenvalue weighted by atomic mass is 16.5. The molecule has 7 nitrogen and oxygen atoms in total. The second-order valence-corrected chi connectivity index (χ2v) is 6.18. The smallest absolute Gasteiger partial charge is 0.256 e. The van der Waals surface area contributed by atoms with Crippen molar-refractivity contribution < 1.29 is 14.3 Å². The van der Waals surface area contributed by atoms with E-state index in [0.717, 1.165) is 5.56 Å². The van der Waals surface area contributed by atoms with Crippen LogP contribution in [-0.4, -0.2) is 35.1 Å². The summed E-state index contributed by atoms with van der Waals surface area (Å²) >= 11 is 0. The van der Waals surface area contributed by atoms with E-state index in [0.29, 0.717) is 39.7 Å². The quantitative estimate of drug-likeness (QED) is 0.559.